The Balaban J connectivity index is 1.93. The molecule has 0 aromatic carbocycles. The summed E-state index contributed by atoms with van der Waals surface area (Å²) in [5, 5.41) is 14.0. The van der Waals surface area contributed by atoms with Gasteiger partial charge in [-0.15, -0.1) is 0 Å². The summed E-state index contributed by atoms with van der Waals surface area (Å²) >= 11 is 1.92. The van der Waals surface area contributed by atoms with Gasteiger partial charge in [0.15, 0.2) is 0 Å². The van der Waals surface area contributed by atoms with Gasteiger partial charge >= 0.3 is 5.97 Å². The predicted octanol–water partition coefficient (Wildman–Crippen LogP) is 2.25. The van der Waals surface area contributed by atoms with Gasteiger partial charge < -0.3 is 5.11 Å². The zero-order chi connectivity index (χ0) is 15.2. The average molecular weight is 311 g/mol. The third-order valence-corrected chi connectivity index (χ3v) is 5.03. The quantitative estimate of drug-likeness (QED) is 0.837. The van der Waals surface area contributed by atoms with E-state index in [4.69, 9.17) is 5.11 Å². The number of thioether (sulfide) groups is 1. The highest BCUT2D eigenvalue weighted by Crippen LogP contribution is 2.17. The van der Waals surface area contributed by atoms with Crippen LogP contribution in [0.5, 0.6) is 0 Å². The number of rotatable bonds is 7. The van der Waals surface area contributed by atoms with Crippen molar-refractivity contribution in [1.82, 2.24) is 14.7 Å². The van der Waals surface area contributed by atoms with E-state index >= 15 is 0 Å². The normalized spacial score (nSPS) is 17.2. The lowest BCUT2D eigenvalue weighted by molar-refractivity contribution is -0.136. The minimum Gasteiger partial charge on any atom is -0.481 e. The molecular formula is C15H25N3O2S. The Morgan fingerprint density at radius 3 is 3.05 bits per heavy atom. The Hall–Kier alpha value is -1.01. The van der Waals surface area contributed by atoms with E-state index in [0.29, 0.717) is 11.7 Å². The van der Waals surface area contributed by atoms with Crippen LogP contribution in [0.3, 0.4) is 0 Å². The van der Waals surface area contributed by atoms with Gasteiger partial charge in [0.05, 0.1) is 17.8 Å². The topological polar surface area (TPSA) is 58.4 Å². The van der Waals surface area contributed by atoms with Gasteiger partial charge in [0.1, 0.15) is 0 Å². The van der Waals surface area contributed by atoms with Crippen molar-refractivity contribution in [3.8, 4) is 0 Å². The van der Waals surface area contributed by atoms with Crippen molar-refractivity contribution in [2.45, 2.75) is 50.9 Å². The Bertz CT molecular complexity index is 475. The summed E-state index contributed by atoms with van der Waals surface area (Å²) in [6, 6.07) is 2.08. The highest BCUT2D eigenvalue weighted by molar-refractivity contribution is 7.99. The minimum atomic E-state index is -0.758. The molecule has 118 valence electrons. The second-order valence-corrected chi connectivity index (χ2v) is 6.98. The zero-order valence-electron chi connectivity index (χ0n) is 12.9. The van der Waals surface area contributed by atoms with Crippen molar-refractivity contribution >= 4 is 17.7 Å². The first kappa shape index (κ1) is 16.4. The van der Waals surface area contributed by atoms with Gasteiger partial charge in [-0.2, -0.15) is 16.9 Å². The number of fused-ring (bicyclic) bond motifs is 1. The van der Waals surface area contributed by atoms with Crippen LogP contribution < -0.4 is 0 Å². The van der Waals surface area contributed by atoms with Gasteiger partial charge in [-0.3, -0.25) is 14.4 Å². The van der Waals surface area contributed by atoms with Crippen LogP contribution in [0.25, 0.3) is 0 Å². The summed E-state index contributed by atoms with van der Waals surface area (Å²) < 4.78 is 2.06. The van der Waals surface area contributed by atoms with Crippen LogP contribution in [-0.2, 0) is 24.3 Å². The van der Waals surface area contributed by atoms with E-state index in [1.54, 1.807) is 0 Å². The van der Waals surface area contributed by atoms with Crippen LogP contribution in [0.1, 0.15) is 37.6 Å². The monoisotopic (exact) mass is 311 g/mol. The smallest absolute Gasteiger partial charge is 0.303 e. The number of hydrogen-bond donors (Lipinski definition) is 1. The molecule has 0 saturated carbocycles. The number of carboxylic acids is 1. The standard InChI is InChI=1S/C15H25N3O2S/c1-12(21-2)6-9-17-7-3-8-18-14(11-17)10-13(16-18)4-5-15(19)20/h10,12H,3-9,11H2,1-2H3,(H,19,20). The van der Waals surface area contributed by atoms with Gasteiger partial charge in [0.25, 0.3) is 0 Å². The van der Waals surface area contributed by atoms with Gasteiger partial charge in [-0.25, -0.2) is 0 Å². The third kappa shape index (κ3) is 5.04. The molecular weight excluding hydrogens is 286 g/mol. The number of carboxylic acid groups (broad SMARTS) is 1. The summed E-state index contributed by atoms with van der Waals surface area (Å²) in [6.07, 6.45) is 5.17. The van der Waals surface area contributed by atoms with Crippen LogP contribution in [0.15, 0.2) is 6.07 Å². The van der Waals surface area contributed by atoms with Gasteiger partial charge in [0.2, 0.25) is 0 Å². The number of hydrogen-bond acceptors (Lipinski definition) is 4. The summed E-state index contributed by atoms with van der Waals surface area (Å²) in [4.78, 5) is 13.1. The largest absolute Gasteiger partial charge is 0.481 e. The Labute approximate surface area is 130 Å². The summed E-state index contributed by atoms with van der Waals surface area (Å²) in [6.45, 7) is 6.39. The maximum Gasteiger partial charge on any atom is 0.303 e. The van der Waals surface area contributed by atoms with E-state index in [-0.39, 0.29) is 6.42 Å². The highest BCUT2D eigenvalue weighted by atomic mass is 32.2. The maximum atomic E-state index is 10.7. The van der Waals surface area contributed by atoms with E-state index < -0.39 is 5.97 Å². The molecule has 2 heterocycles. The van der Waals surface area contributed by atoms with Crippen LogP contribution in [0.4, 0.5) is 0 Å². The molecule has 1 aliphatic heterocycles. The summed E-state index contributed by atoms with van der Waals surface area (Å²) in [5.41, 5.74) is 2.14. The number of aromatic nitrogens is 2. The molecule has 1 atom stereocenters. The van der Waals surface area contributed by atoms with Crippen molar-refractivity contribution in [3.63, 3.8) is 0 Å². The molecule has 0 radical (unpaired) electrons. The molecule has 1 aromatic heterocycles. The molecule has 0 aliphatic carbocycles. The van der Waals surface area contributed by atoms with Crippen molar-refractivity contribution in [2.75, 3.05) is 19.3 Å². The SMILES string of the molecule is CSC(C)CCN1CCCn2nc(CCC(=O)O)cc2C1. The fourth-order valence-electron chi connectivity index (χ4n) is 2.62. The lowest BCUT2D eigenvalue weighted by atomic mass is 10.2. The number of carbonyl (C=O) groups is 1. The van der Waals surface area contributed by atoms with E-state index in [1.807, 2.05) is 11.8 Å². The second kappa shape index (κ2) is 7.84. The van der Waals surface area contributed by atoms with E-state index in [1.165, 1.54) is 12.1 Å². The molecule has 0 amide bonds. The first-order chi connectivity index (χ1) is 10.1. The molecule has 2 rings (SSSR count). The molecule has 1 aromatic rings. The van der Waals surface area contributed by atoms with E-state index in [2.05, 4.69) is 33.9 Å². The minimum absolute atomic E-state index is 0.158. The van der Waals surface area contributed by atoms with E-state index in [9.17, 15) is 4.79 Å². The molecule has 21 heavy (non-hydrogen) atoms. The molecule has 0 spiro atoms. The lowest BCUT2D eigenvalue weighted by Crippen LogP contribution is -2.26. The number of nitrogens with zero attached hydrogens (tertiary/aromatic N) is 3. The molecule has 0 bridgehead atoms. The van der Waals surface area contributed by atoms with Gasteiger partial charge in [-0.1, -0.05) is 6.92 Å². The number of aryl methyl sites for hydroxylation is 2. The Morgan fingerprint density at radius 1 is 1.52 bits per heavy atom. The first-order valence-corrected chi connectivity index (χ1v) is 8.90. The summed E-state index contributed by atoms with van der Waals surface area (Å²) in [5.74, 6) is -0.758. The van der Waals surface area contributed by atoms with Crippen molar-refractivity contribution in [1.29, 1.82) is 0 Å². The zero-order valence-corrected chi connectivity index (χ0v) is 13.7. The van der Waals surface area contributed by atoms with Gasteiger partial charge in [0, 0.05) is 31.3 Å². The second-order valence-electron chi connectivity index (χ2n) is 5.71. The lowest BCUT2D eigenvalue weighted by Gasteiger charge is -2.20. The fourth-order valence-corrected chi connectivity index (χ4v) is 2.96. The summed E-state index contributed by atoms with van der Waals surface area (Å²) in [7, 11) is 0. The van der Waals surface area contributed by atoms with Crippen molar-refractivity contribution in [3.05, 3.63) is 17.5 Å². The Morgan fingerprint density at radius 2 is 2.33 bits per heavy atom. The molecule has 1 N–H and O–H groups in total. The van der Waals surface area contributed by atoms with Crippen LogP contribution in [-0.4, -0.2) is 50.4 Å². The van der Waals surface area contributed by atoms with Crippen molar-refractivity contribution < 1.29 is 9.90 Å². The number of aliphatic carboxylic acids is 1. The average Bonchev–Trinajstić information content (AvgIpc) is 2.74. The molecule has 5 nitrogen and oxygen atoms in total. The van der Waals surface area contributed by atoms with Crippen LogP contribution >= 0.6 is 11.8 Å². The van der Waals surface area contributed by atoms with E-state index in [0.717, 1.165) is 38.3 Å². The Kier molecular flexibility index (Phi) is 6.11. The van der Waals surface area contributed by atoms with Crippen molar-refractivity contribution in [2.24, 2.45) is 0 Å². The van der Waals surface area contributed by atoms with Gasteiger partial charge in [-0.05, 0) is 31.7 Å². The van der Waals surface area contributed by atoms with Crippen LogP contribution in [0, 0.1) is 0 Å². The first-order valence-electron chi connectivity index (χ1n) is 7.61. The molecule has 6 heteroatoms. The fraction of sp³-hybridized carbons (Fsp3) is 0.733. The van der Waals surface area contributed by atoms with Crippen LogP contribution in [0.2, 0.25) is 0 Å². The predicted molar refractivity (Wildman–Crippen MR) is 85.7 cm³/mol. The molecule has 1 unspecified atom stereocenters. The maximum absolute atomic E-state index is 10.7. The molecule has 0 fully saturated rings. The molecule has 0 saturated heterocycles. The highest BCUT2D eigenvalue weighted by Gasteiger charge is 2.17. The third-order valence-electron chi connectivity index (χ3n) is 3.99. The molecule has 1 aliphatic rings.